The van der Waals surface area contributed by atoms with Gasteiger partial charge < -0.3 is 10.2 Å². The molecule has 1 aromatic rings. The van der Waals surface area contributed by atoms with Gasteiger partial charge in [-0.15, -0.1) is 0 Å². The predicted octanol–water partition coefficient (Wildman–Crippen LogP) is 2.97. The smallest absolute Gasteiger partial charge is 0.312 e. The summed E-state index contributed by atoms with van der Waals surface area (Å²) in [4.78, 5) is 17.3. The summed E-state index contributed by atoms with van der Waals surface area (Å²) in [5.74, 6) is 1.06. The molecule has 21 heavy (non-hydrogen) atoms. The summed E-state index contributed by atoms with van der Waals surface area (Å²) in [6.45, 7) is 5.77. The van der Waals surface area contributed by atoms with E-state index in [-0.39, 0.29) is 10.6 Å². The number of hydrogen-bond donors (Lipinski definition) is 1. The molecule has 0 atom stereocenters. The molecule has 2 rings (SSSR count). The Kier molecular flexibility index (Phi) is 5.93. The van der Waals surface area contributed by atoms with Gasteiger partial charge >= 0.3 is 5.69 Å². The molecule has 6 nitrogen and oxygen atoms in total. The summed E-state index contributed by atoms with van der Waals surface area (Å²) in [5.41, 5.74) is 0.0757. The first-order valence-electron chi connectivity index (χ1n) is 7.37. The summed E-state index contributed by atoms with van der Waals surface area (Å²) in [6.07, 6.45) is 4.81. The second-order valence-corrected chi connectivity index (χ2v) is 6.31. The monoisotopic (exact) mass is 356 g/mol. The van der Waals surface area contributed by atoms with Crippen LogP contribution in [0.4, 0.5) is 11.5 Å². The Balaban J connectivity index is 2.22. The van der Waals surface area contributed by atoms with Gasteiger partial charge in [-0.3, -0.25) is 10.1 Å². The van der Waals surface area contributed by atoms with Crippen LogP contribution in [-0.2, 0) is 0 Å². The predicted molar refractivity (Wildman–Crippen MR) is 86.7 cm³/mol. The number of pyridine rings is 1. The minimum Gasteiger partial charge on any atom is -0.351 e. The molecule has 1 aliphatic heterocycles. The Hall–Kier alpha value is -1.21. The molecular weight excluding hydrogens is 336 g/mol. The van der Waals surface area contributed by atoms with Crippen LogP contribution >= 0.6 is 15.9 Å². The zero-order valence-corrected chi connectivity index (χ0v) is 13.8. The van der Waals surface area contributed by atoms with Gasteiger partial charge in [0.15, 0.2) is 0 Å². The maximum Gasteiger partial charge on any atom is 0.312 e. The first-order chi connectivity index (χ1) is 10.1. The van der Waals surface area contributed by atoms with Gasteiger partial charge in [0.1, 0.15) is 0 Å². The number of nitro groups is 1. The third-order valence-corrected chi connectivity index (χ3v) is 4.17. The molecule has 1 N–H and O–H groups in total. The zero-order chi connectivity index (χ0) is 15.2. The number of hydrogen-bond acceptors (Lipinski definition) is 5. The average Bonchev–Trinajstić information content (AvgIpc) is 2.48. The molecule has 1 aromatic heterocycles. The lowest BCUT2D eigenvalue weighted by atomic mass is 9.97. The van der Waals surface area contributed by atoms with E-state index >= 15 is 0 Å². The summed E-state index contributed by atoms with van der Waals surface area (Å²) >= 11 is 3.26. The molecule has 7 heteroatoms. The highest BCUT2D eigenvalue weighted by atomic mass is 79.9. The number of nitrogens with zero attached hydrogens (tertiary/aromatic N) is 3. The van der Waals surface area contributed by atoms with Crippen molar-refractivity contribution >= 4 is 27.4 Å². The van der Waals surface area contributed by atoms with E-state index in [2.05, 4.69) is 38.1 Å². The first kappa shape index (κ1) is 16.2. The average molecular weight is 357 g/mol. The van der Waals surface area contributed by atoms with Crippen LogP contribution < -0.4 is 10.2 Å². The SMILES string of the molecule is CCCN(CC1CCNCC1)c1ncc(Br)cc1[N+](=O)[O-]. The van der Waals surface area contributed by atoms with Gasteiger partial charge in [-0.25, -0.2) is 4.98 Å². The number of halogens is 1. The molecule has 0 saturated carbocycles. The fourth-order valence-corrected chi connectivity index (χ4v) is 3.05. The minimum atomic E-state index is -0.349. The molecule has 0 spiro atoms. The largest absolute Gasteiger partial charge is 0.351 e. The van der Waals surface area contributed by atoms with Gasteiger partial charge in [0.25, 0.3) is 0 Å². The van der Waals surface area contributed by atoms with Crippen molar-refractivity contribution in [1.82, 2.24) is 10.3 Å². The second-order valence-electron chi connectivity index (χ2n) is 5.39. The molecule has 116 valence electrons. The molecule has 0 aromatic carbocycles. The van der Waals surface area contributed by atoms with Crippen LogP contribution in [-0.4, -0.2) is 36.1 Å². The highest BCUT2D eigenvalue weighted by molar-refractivity contribution is 9.10. The van der Waals surface area contributed by atoms with Crippen molar-refractivity contribution in [3.05, 3.63) is 26.9 Å². The van der Waals surface area contributed by atoms with Crippen LogP contribution in [0.15, 0.2) is 16.7 Å². The highest BCUT2D eigenvalue weighted by Crippen LogP contribution is 2.30. The summed E-state index contributed by atoms with van der Waals surface area (Å²) in [7, 11) is 0. The molecule has 1 saturated heterocycles. The lowest BCUT2D eigenvalue weighted by Gasteiger charge is -2.30. The lowest BCUT2D eigenvalue weighted by molar-refractivity contribution is -0.384. The Morgan fingerprint density at radius 3 is 2.86 bits per heavy atom. The second kappa shape index (κ2) is 7.70. The fraction of sp³-hybridized carbons (Fsp3) is 0.643. The third kappa shape index (κ3) is 4.38. The minimum absolute atomic E-state index is 0.0757. The Bertz CT molecular complexity index is 492. The molecular formula is C14H21BrN4O2. The van der Waals surface area contributed by atoms with Crippen molar-refractivity contribution in [2.45, 2.75) is 26.2 Å². The summed E-state index contributed by atoms with van der Waals surface area (Å²) in [5, 5.41) is 14.6. The van der Waals surface area contributed by atoms with Crippen LogP contribution in [0.5, 0.6) is 0 Å². The van der Waals surface area contributed by atoms with Gasteiger partial charge in [0.2, 0.25) is 5.82 Å². The Morgan fingerprint density at radius 2 is 2.24 bits per heavy atom. The van der Waals surface area contributed by atoms with E-state index in [1.54, 1.807) is 6.20 Å². The normalized spacial score (nSPS) is 15.9. The van der Waals surface area contributed by atoms with Gasteiger partial charge in [-0.1, -0.05) is 6.92 Å². The molecule has 2 heterocycles. The van der Waals surface area contributed by atoms with Gasteiger partial charge in [-0.05, 0) is 54.2 Å². The maximum atomic E-state index is 11.3. The van der Waals surface area contributed by atoms with E-state index in [0.29, 0.717) is 16.2 Å². The molecule has 0 aliphatic carbocycles. The number of nitrogens with one attached hydrogen (secondary N) is 1. The fourth-order valence-electron chi connectivity index (χ4n) is 2.73. The molecule has 1 fully saturated rings. The van der Waals surface area contributed by atoms with Crippen molar-refractivity contribution in [3.63, 3.8) is 0 Å². The van der Waals surface area contributed by atoms with Crippen molar-refractivity contribution in [1.29, 1.82) is 0 Å². The van der Waals surface area contributed by atoms with Crippen LogP contribution in [0.3, 0.4) is 0 Å². The van der Waals surface area contributed by atoms with E-state index in [4.69, 9.17) is 0 Å². The number of piperidine rings is 1. The van der Waals surface area contributed by atoms with E-state index in [9.17, 15) is 10.1 Å². The maximum absolute atomic E-state index is 11.3. The quantitative estimate of drug-likeness (QED) is 0.626. The molecule has 0 unspecified atom stereocenters. The van der Waals surface area contributed by atoms with Gasteiger partial charge in [-0.2, -0.15) is 0 Å². The molecule has 0 radical (unpaired) electrons. The van der Waals surface area contributed by atoms with Crippen LogP contribution in [0.25, 0.3) is 0 Å². The number of rotatable bonds is 6. The van der Waals surface area contributed by atoms with Crippen LogP contribution in [0, 0.1) is 16.0 Å². The van der Waals surface area contributed by atoms with E-state index < -0.39 is 0 Å². The molecule has 0 amide bonds. The Morgan fingerprint density at radius 1 is 1.52 bits per heavy atom. The zero-order valence-electron chi connectivity index (χ0n) is 12.2. The molecule has 0 bridgehead atoms. The van der Waals surface area contributed by atoms with Gasteiger partial charge in [0, 0.05) is 29.8 Å². The Labute approximate surface area is 133 Å². The lowest BCUT2D eigenvalue weighted by Crippen LogP contribution is -2.37. The van der Waals surface area contributed by atoms with E-state index in [0.717, 1.165) is 45.4 Å². The number of aromatic nitrogens is 1. The highest BCUT2D eigenvalue weighted by Gasteiger charge is 2.24. The van der Waals surface area contributed by atoms with Crippen LogP contribution in [0.2, 0.25) is 0 Å². The standard InChI is InChI=1S/C14H21BrN4O2/c1-2-7-18(10-11-3-5-16-6-4-11)14-13(19(20)21)8-12(15)9-17-14/h8-9,11,16H,2-7,10H2,1H3. The number of anilines is 1. The van der Waals surface area contributed by atoms with Crippen molar-refractivity contribution in [2.24, 2.45) is 5.92 Å². The van der Waals surface area contributed by atoms with Crippen molar-refractivity contribution in [3.8, 4) is 0 Å². The molecule has 1 aliphatic rings. The third-order valence-electron chi connectivity index (χ3n) is 3.74. The van der Waals surface area contributed by atoms with Crippen molar-refractivity contribution < 1.29 is 4.92 Å². The summed E-state index contributed by atoms with van der Waals surface area (Å²) in [6, 6.07) is 1.54. The first-order valence-corrected chi connectivity index (χ1v) is 8.16. The summed E-state index contributed by atoms with van der Waals surface area (Å²) < 4.78 is 0.635. The van der Waals surface area contributed by atoms with Crippen molar-refractivity contribution in [2.75, 3.05) is 31.1 Å². The van der Waals surface area contributed by atoms with E-state index in [1.165, 1.54) is 6.07 Å². The topological polar surface area (TPSA) is 71.3 Å². The van der Waals surface area contributed by atoms with E-state index in [1.807, 2.05) is 0 Å². The van der Waals surface area contributed by atoms with Crippen LogP contribution in [0.1, 0.15) is 26.2 Å². The van der Waals surface area contributed by atoms with Gasteiger partial charge in [0.05, 0.1) is 4.92 Å².